The number of nitrogens with zero attached hydrogens (tertiary/aromatic N) is 1. The first-order chi connectivity index (χ1) is 8.16. The predicted molar refractivity (Wildman–Crippen MR) is 68.9 cm³/mol. The van der Waals surface area contributed by atoms with Crippen LogP contribution >= 0.6 is 0 Å². The summed E-state index contributed by atoms with van der Waals surface area (Å²) in [7, 11) is 0. The normalized spacial score (nSPS) is 10.2. The topological polar surface area (TPSA) is 48.1 Å². The minimum Gasteiger partial charge on any atom is -0.486 e. The average molecular weight is 228 g/mol. The molecule has 3 nitrogen and oxygen atoms in total. The number of ether oxygens (including phenoxy) is 1. The number of hydrogen-bond acceptors (Lipinski definition) is 3. The smallest absolute Gasteiger partial charge is 0.145 e. The summed E-state index contributed by atoms with van der Waals surface area (Å²) in [6.45, 7) is 4.49. The molecule has 2 rings (SSSR count). The van der Waals surface area contributed by atoms with Crippen molar-refractivity contribution < 1.29 is 4.74 Å². The van der Waals surface area contributed by atoms with Gasteiger partial charge in [-0.15, -0.1) is 0 Å². The molecule has 0 atom stereocenters. The van der Waals surface area contributed by atoms with Crippen molar-refractivity contribution in [1.82, 2.24) is 4.98 Å². The van der Waals surface area contributed by atoms with Gasteiger partial charge in [-0.3, -0.25) is 4.98 Å². The molecular weight excluding hydrogens is 212 g/mol. The van der Waals surface area contributed by atoms with Crippen LogP contribution in [0.25, 0.3) is 0 Å². The molecule has 0 unspecified atom stereocenters. The van der Waals surface area contributed by atoms with E-state index in [0.29, 0.717) is 12.3 Å². The van der Waals surface area contributed by atoms with E-state index in [4.69, 9.17) is 10.5 Å². The van der Waals surface area contributed by atoms with Gasteiger partial charge in [0.25, 0.3) is 0 Å². The van der Waals surface area contributed by atoms with Gasteiger partial charge in [-0.1, -0.05) is 12.1 Å². The molecule has 2 aromatic rings. The SMILES string of the molecule is Cc1cncc(COc2c(C)cccc2N)c1. The molecule has 0 aliphatic rings. The summed E-state index contributed by atoms with van der Waals surface area (Å²) < 4.78 is 5.74. The van der Waals surface area contributed by atoms with Crippen molar-refractivity contribution in [3.63, 3.8) is 0 Å². The van der Waals surface area contributed by atoms with Crippen LogP contribution in [0.2, 0.25) is 0 Å². The van der Waals surface area contributed by atoms with Gasteiger partial charge in [0.15, 0.2) is 0 Å². The summed E-state index contributed by atoms with van der Waals surface area (Å²) in [4.78, 5) is 4.13. The molecule has 17 heavy (non-hydrogen) atoms. The van der Waals surface area contributed by atoms with Crippen molar-refractivity contribution in [3.8, 4) is 5.75 Å². The molecule has 0 saturated carbocycles. The first-order valence-corrected chi connectivity index (χ1v) is 5.55. The highest BCUT2D eigenvalue weighted by Gasteiger charge is 2.04. The first-order valence-electron chi connectivity index (χ1n) is 5.55. The van der Waals surface area contributed by atoms with Crippen LogP contribution in [0, 0.1) is 13.8 Å². The maximum atomic E-state index is 5.87. The Hall–Kier alpha value is -2.03. The second-order valence-corrected chi connectivity index (χ2v) is 4.15. The maximum absolute atomic E-state index is 5.87. The van der Waals surface area contributed by atoms with E-state index in [9.17, 15) is 0 Å². The van der Waals surface area contributed by atoms with Crippen molar-refractivity contribution in [2.45, 2.75) is 20.5 Å². The molecule has 1 aromatic carbocycles. The van der Waals surface area contributed by atoms with E-state index in [1.54, 1.807) is 0 Å². The van der Waals surface area contributed by atoms with Crippen LogP contribution in [-0.4, -0.2) is 4.98 Å². The largest absolute Gasteiger partial charge is 0.486 e. The van der Waals surface area contributed by atoms with Gasteiger partial charge in [0.2, 0.25) is 0 Å². The monoisotopic (exact) mass is 228 g/mol. The Morgan fingerprint density at radius 1 is 1.24 bits per heavy atom. The lowest BCUT2D eigenvalue weighted by Gasteiger charge is -2.11. The molecule has 0 spiro atoms. The zero-order valence-corrected chi connectivity index (χ0v) is 10.1. The molecule has 0 saturated heterocycles. The molecule has 0 aliphatic carbocycles. The van der Waals surface area contributed by atoms with E-state index in [0.717, 1.165) is 22.4 Å². The third-order valence-corrected chi connectivity index (χ3v) is 2.56. The van der Waals surface area contributed by atoms with Crippen molar-refractivity contribution in [2.24, 2.45) is 0 Å². The second-order valence-electron chi connectivity index (χ2n) is 4.15. The molecule has 0 bridgehead atoms. The van der Waals surface area contributed by atoms with Gasteiger partial charge in [-0.05, 0) is 37.1 Å². The number of rotatable bonds is 3. The lowest BCUT2D eigenvalue weighted by atomic mass is 10.2. The van der Waals surface area contributed by atoms with Crippen molar-refractivity contribution in [1.29, 1.82) is 0 Å². The van der Waals surface area contributed by atoms with Crippen LogP contribution in [0.1, 0.15) is 16.7 Å². The molecule has 0 fully saturated rings. The van der Waals surface area contributed by atoms with Crippen LogP contribution < -0.4 is 10.5 Å². The Kier molecular flexibility index (Phi) is 3.28. The number of anilines is 1. The third kappa shape index (κ3) is 2.75. The molecule has 3 heteroatoms. The number of nitrogens with two attached hydrogens (primary N) is 1. The summed E-state index contributed by atoms with van der Waals surface area (Å²) in [5.74, 6) is 0.758. The lowest BCUT2D eigenvalue weighted by Crippen LogP contribution is -2.01. The fraction of sp³-hybridized carbons (Fsp3) is 0.214. The van der Waals surface area contributed by atoms with E-state index in [1.165, 1.54) is 0 Å². The zero-order valence-electron chi connectivity index (χ0n) is 10.1. The van der Waals surface area contributed by atoms with Crippen molar-refractivity contribution >= 4 is 5.69 Å². The Labute approximate surface area is 101 Å². The van der Waals surface area contributed by atoms with Gasteiger partial charge < -0.3 is 10.5 Å². The van der Waals surface area contributed by atoms with E-state index in [2.05, 4.69) is 11.1 Å². The van der Waals surface area contributed by atoms with E-state index in [1.807, 2.05) is 44.4 Å². The fourth-order valence-electron chi connectivity index (χ4n) is 1.72. The Morgan fingerprint density at radius 2 is 2.06 bits per heavy atom. The van der Waals surface area contributed by atoms with E-state index >= 15 is 0 Å². The van der Waals surface area contributed by atoms with Gasteiger partial charge in [-0.25, -0.2) is 0 Å². The summed E-state index contributed by atoms with van der Waals surface area (Å²) in [5, 5.41) is 0. The quantitative estimate of drug-likeness (QED) is 0.822. The van der Waals surface area contributed by atoms with Crippen LogP contribution in [-0.2, 0) is 6.61 Å². The number of benzene rings is 1. The molecule has 0 amide bonds. The third-order valence-electron chi connectivity index (χ3n) is 2.56. The highest BCUT2D eigenvalue weighted by atomic mass is 16.5. The fourth-order valence-corrected chi connectivity index (χ4v) is 1.72. The predicted octanol–water partition coefficient (Wildman–Crippen LogP) is 2.86. The van der Waals surface area contributed by atoms with Crippen molar-refractivity contribution in [2.75, 3.05) is 5.73 Å². The Balaban J connectivity index is 2.13. The van der Waals surface area contributed by atoms with Gasteiger partial charge in [0.05, 0.1) is 5.69 Å². The van der Waals surface area contributed by atoms with Crippen LogP contribution in [0.3, 0.4) is 0 Å². The molecule has 0 aliphatic heterocycles. The van der Waals surface area contributed by atoms with Gasteiger partial charge in [0, 0.05) is 18.0 Å². The summed E-state index contributed by atoms with van der Waals surface area (Å²) in [5.41, 5.74) is 9.77. The minimum absolute atomic E-state index is 0.490. The standard InChI is InChI=1S/C14H16N2O/c1-10-6-12(8-16-7-10)9-17-14-11(2)4-3-5-13(14)15/h3-8H,9,15H2,1-2H3. The van der Waals surface area contributed by atoms with Crippen LogP contribution in [0.4, 0.5) is 5.69 Å². The lowest BCUT2D eigenvalue weighted by molar-refractivity contribution is 0.305. The number of hydrogen-bond donors (Lipinski definition) is 1. The zero-order chi connectivity index (χ0) is 12.3. The Morgan fingerprint density at radius 3 is 2.76 bits per heavy atom. The van der Waals surface area contributed by atoms with E-state index in [-0.39, 0.29) is 0 Å². The molecule has 88 valence electrons. The van der Waals surface area contributed by atoms with Gasteiger partial charge in [-0.2, -0.15) is 0 Å². The summed E-state index contributed by atoms with van der Waals surface area (Å²) in [6, 6.07) is 7.81. The number of nitrogen functional groups attached to an aromatic ring is 1. The number of aryl methyl sites for hydroxylation is 2. The average Bonchev–Trinajstić information content (AvgIpc) is 2.28. The highest BCUT2D eigenvalue weighted by molar-refractivity contribution is 5.56. The maximum Gasteiger partial charge on any atom is 0.145 e. The number of para-hydroxylation sites is 1. The molecular formula is C14H16N2O. The van der Waals surface area contributed by atoms with Gasteiger partial charge in [0.1, 0.15) is 12.4 Å². The second kappa shape index (κ2) is 4.87. The van der Waals surface area contributed by atoms with Gasteiger partial charge >= 0.3 is 0 Å². The van der Waals surface area contributed by atoms with Crippen molar-refractivity contribution in [3.05, 3.63) is 53.3 Å². The molecule has 1 aromatic heterocycles. The molecule has 1 heterocycles. The number of pyridine rings is 1. The minimum atomic E-state index is 0.490. The summed E-state index contributed by atoms with van der Waals surface area (Å²) >= 11 is 0. The van der Waals surface area contributed by atoms with E-state index < -0.39 is 0 Å². The molecule has 0 radical (unpaired) electrons. The van der Waals surface area contributed by atoms with Crippen LogP contribution in [0.15, 0.2) is 36.7 Å². The number of aromatic nitrogens is 1. The highest BCUT2D eigenvalue weighted by Crippen LogP contribution is 2.26. The first kappa shape index (κ1) is 11.5. The summed E-state index contributed by atoms with van der Waals surface area (Å²) in [6.07, 6.45) is 3.63. The molecule has 2 N–H and O–H groups in total. The Bertz CT molecular complexity index is 503. The van der Waals surface area contributed by atoms with Crippen LogP contribution in [0.5, 0.6) is 5.75 Å².